The minimum Gasteiger partial charge on any atom is -0.337 e. The van der Waals surface area contributed by atoms with Crippen LogP contribution < -0.4 is 5.32 Å². The molecule has 2 aliphatic rings. The fourth-order valence-corrected chi connectivity index (χ4v) is 4.18. The van der Waals surface area contributed by atoms with Gasteiger partial charge in [0.15, 0.2) is 0 Å². The Kier molecular flexibility index (Phi) is 4.14. The first-order chi connectivity index (χ1) is 11.7. The molecule has 4 rings (SSSR count). The summed E-state index contributed by atoms with van der Waals surface area (Å²) in [7, 11) is 2.04. The molecule has 1 saturated carbocycles. The molecule has 24 heavy (non-hydrogen) atoms. The van der Waals surface area contributed by atoms with E-state index in [4.69, 9.17) is 0 Å². The summed E-state index contributed by atoms with van der Waals surface area (Å²) in [6, 6.07) is 7.57. The summed E-state index contributed by atoms with van der Waals surface area (Å²) in [4.78, 5) is 7.00. The van der Waals surface area contributed by atoms with Crippen molar-refractivity contribution < 1.29 is 4.39 Å². The van der Waals surface area contributed by atoms with E-state index in [0.717, 1.165) is 37.6 Å². The van der Waals surface area contributed by atoms with Gasteiger partial charge in [-0.05, 0) is 55.5 Å². The van der Waals surface area contributed by atoms with E-state index in [1.165, 1.54) is 25.3 Å². The second kappa shape index (κ2) is 6.30. The van der Waals surface area contributed by atoms with Gasteiger partial charge < -0.3 is 9.88 Å². The number of piperidine rings is 1. The third-order valence-corrected chi connectivity index (χ3v) is 5.73. The molecule has 2 aromatic rings. The van der Waals surface area contributed by atoms with E-state index in [1.54, 1.807) is 12.1 Å². The van der Waals surface area contributed by atoms with E-state index < -0.39 is 0 Å². The molecule has 128 valence electrons. The third-order valence-electron chi connectivity index (χ3n) is 5.73. The second-order valence-electron chi connectivity index (χ2n) is 7.32. The Balaban J connectivity index is 1.54. The van der Waals surface area contributed by atoms with Gasteiger partial charge in [-0.15, -0.1) is 0 Å². The van der Waals surface area contributed by atoms with Gasteiger partial charge in [-0.1, -0.05) is 12.1 Å². The lowest BCUT2D eigenvalue weighted by Gasteiger charge is -2.29. The third kappa shape index (κ3) is 3.10. The zero-order valence-corrected chi connectivity index (χ0v) is 14.2. The number of hydrogen-bond acceptors (Lipinski definition) is 3. The first-order valence-corrected chi connectivity index (χ1v) is 8.82. The molecule has 1 N–H and O–H groups in total. The molecule has 1 spiro atoms. The van der Waals surface area contributed by atoms with Crippen molar-refractivity contribution in [1.82, 2.24) is 19.8 Å². The normalized spacial score (nSPS) is 22.2. The van der Waals surface area contributed by atoms with Gasteiger partial charge in [-0.25, -0.2) is 9.37 Å². The summed E-state index contributed by atoms with van der Waals surface area (Å²) in [5, 5.41) is 3.47. The van der Waals surface area contributed by atoms with Crippen LogP contribution in [0.4, 0.5) is 4.39 Å². The Hall–Kier alpha value is -1.72. The van der Waals surface area contributed by atoms with Crippen molar-refractivity contribution in [2.24, 2.45) is 12.5 Å². The second-order valence-corrected chi connectivity index (χ2v) is 7.32. The van der Waals surface area contributed by atoms with Crippen LogP contribution in [0.15, 0.2) is 36.7 Å². The molecular weight excluding hydrogens is 303 g/mol. The zero-order valence-electron chi connectivity index (χ0n) is 14.2. The van der Waals surface area contributed by atoms with E-state index >= 15 is 0 Å². The van der Waals surface area contributed by atoms with Gasteiger partial charge in [0.2, 0.25) is 0 Å². The summed E-state index contributed by atoms with van der Waals surface area (Å²) in [5.74, 6) is 0.916. The molecule has 1 aromatic heterocycles. The van der Waals surface area contributed by atoms with Crippen LogP contribution in [0.2, 0.25) is 0 Å². The monoisotopic (exact) mass is 328 g/mol. The number of aromatic nitrogens is 2. The van der Waals surface area contributed by atoms with Crippen molar-refractivity contribution >= 4 is 0 Å². The van der Waals surface area contributed by atoms with E-state index in [2.05, 4.69) is 19.8 Å². The number of imidazole rings is 1. The largest absolute Gasteiger partial charge is 0.337 e. The molecule has 0 radical (unpaired) electrons. The molecular formula is C19H25FN4. The highest BCUT2D eigenvalue weighted by Crippen LogP contribution is 2.56. The van der Waals surface area contributed by atoms with Gasteiger partial charge in [-0.3, -0.25) is 4.90 Å². The Morgan fingerprint density at radius 3 is 2.88 bits per heavy atom. The van der Waals surface area contributed by atoms with Gasteiger partial charge >= 0.3 is 0 Å². The molecule has 0 bridgehead atoms. The quantitative estimate of drug-likeness (QED) is 0.916. The Bertz CT molecular complexity index is 705. The first kappa shape index (κ1) is 15.8. The number of rotatable bonds is 5. The molecule has 4 nitrogen and oxygen atoms in total. The van der Waals surface area contributed by atoms with Gasteiger partial charge in [-0.2, -0.15) is 0 Å². The smallest absolute Gasteiger partial charge is 0.123 e. The predicted octanol–water partition coefficient (Wildman–Crippen LogP) is 2.70. The molecule has 1 atom stereocenters. The average Bonchev–Trinajstić information content (AvgIpc) is 3.10. The highest BCUT2D eigenvalue weighted by molar-refractivity contribution is 5.18. The van der Waals surface area contributed by atoms with Crippen molar-refractivity contribution in [3.05, 3.63) is 53.9 Å². The minimum atomic E-state index is -0.156. The molecule has 2 fully saturated rings. The topological polar surface area (TPSA) is 33.1 Å². The first-order valence-electron chi connectivity index (χ1n) is 8.82. The van der Waals surface area contributed by atoms with Crippen LogP contribution in [0.5, 0.6) is 0 Å². The number of aryl methyl sites for hydroxylation is 1. The van der Waals surface area contributed by atoms with Crippen molar-refractivity contribution in [3.63, 3.8) is 0 Å². The molecule has 1 aromatic carbocycles. The molecule has 2 heterocycles. The summed E-state index contributed by atoms with van der Waals surface area (Å²) >= 11 is 0. The lowest BCUT2D eigenvalue weighted by Crippen LogP contribution is -2.36. The molecule has 5 heteroatoms. The maximum atomic E-state index is 13.6. The predicted molar refractivity (Wildman–Crippen MR) is 91.8 cm³/mol. The van der Waals surface area contributed by atoms with Crippen LogP contribution in [0, 0.1) is 11.2 Å². The van der Waals surface area contributed by atoms with Gasteiger partial charge in [0.05, 0.1) is 6.54 Å². The van der Waals surface area contributed by atoms with Gasteiger partial charge in [0, 0.05) is 32.0 Å². The summed E-state index contributed by atoms with van der Waals surface area (Å²) in [5.41, 5.74) is 1.50. The van der Waals surface area contributed by atoms with Crippen LogP contribution >= 0.6 is 0 Å². The summed E-state index contributed by atoms with van der Waals surface area (Å²) < 4.78 is 15.7. The molecule has 1 saturated heterocycles. The van der Waals surface area contributed by atoms with E-state index in [0.29, 0.717) is 11.5 Å². The van der Waals surface area contributed by atoms with Crippen molar-refractivity contribution in [1.29, 1.82) is 0 Å². The van der Waals surface area contributed by atoms with Crippen molar-refractivity contribution in [3.8, 4) is 0 Å². The van der Waals surface area contributed by atoms with E-state index in [9.17, 15) is 4.39 Å². The Morgan fingerprint density at radius 2 is 2.17 bits per heavy atom. The fraction of sp³-hybridized carbons (Fsp3) is 0.526. The minimum absolute atomic E-state index is 0.156. The Morgan fingerprint density at radius 1 is 1.33 bits per heavy atom. The highest BCUT2D eigenvalue weighted by atomic mass is 19.1. The SMILES string of the molecule is Cn1ccnc1CN(Cc1cccc(F)c1)C1CC12CCNCC2. The van der Waals surface area contributed by atoms with Crippen LogP contribution in [-0.4, -0.2) is 33.6 Å². The molecule has 1 aliphatic carbocycles. The molecule has 1 unspecified atom stereocenters. The zero-order chi connectivity index (χ0) is 16.6. The molecule has 1 aliphatic heterocycles. The van der Waals surface area contributed by atoms with E-state index in [1.807, 2.05) is 25.5 Å². The summed E-state index contributed by atoms with van der Waals surface area (Å²) in [6.07, 6.45) is 7.59. The number of nitrogens with zero attached hydrogens (tertiary/aromatic N) is 3. The van der Waals surface area contributed by atoms with E-state index in [-0.39, 0.29) is 5.82 Å². The lowest BCUT2D eigenvalue weighted by molar-refractivity contribution is 0.182. The van der Waals surface area contributed by atoms with Crippen LogP contribution in [0.3, 0.4) is 0 Å². The van der Waals surface area contributed by atoms with Crippen LogP contribution in [0.25, 0.3) is 0 Å². The van der Waals surface area contributed by atoms with Crippen LogP contribution in [-0.2, 0) is 20.1 Å². The number of nitrogens with one attached hydrogen (secondary N) is 1. The fourth-order valence-electron chi connectivity index (χ4n) is 4.18. The maximum absolute atomic E-state index is 13.6. The van der Waals surface area contributed by atoms with Gasteiger partial charge in [0.25, 0.3) is 0 Å². The van der Waals surface area contributed by atoms with Crippen molar-refractivity contribution in [2.45, 2.75) is 38.4 Å². The lowest BCUT2D eigenvalue weighted by atomic mass is 9.93. The van der Waals surface area contributed by atoms with Gasteiger partial charge in [0.1, 0.15) is 11.6 Å². The standard InChI is InChI=1S/C19H25FN4/c1-23-10-9-22-18(23)14-24(13-15-3-2-4-16(20)11-15)17-12-19(17)5-7-21-8-6-19/h2-4,9-11,17,21H,5-8,12-14H2,1H3. The van der Waals surface area contributed by atoms with Crippen LogP contribution in [0.1, 0.15) is 30.7 Å². The Labute approximate surface area is 142 Å². The maximum Gasteiger partial charge on any atom is 0.123 e. The highest BCUT2D eigenvalue weighted by Gasteiger charge is 2.56. The number of halogens is 1. The number of benzene rings is 1. The average molecular weight is 328 g/mol. The van der Waals surface area contributed by atoms with Crippen molar-refractivity contribution in [2.75, 3.05) is 13.1 Å². The number of hydrogen-bond donors (Lipinski definition) is 1. The molecule has 0 amide bonds. The summed E-state index contributed by atoms with van der Waals surface area (Å²) in [6.45, 7) is 3.84.